The molecule has 0 spiro atoms. The Morgan fingerprint density at radius 3 is 2.52 bits per heavy atom. The number of nitrogens with one attached hydrogen (secondary N) is 1. The van der Waals surface area contributed by atoms with E-state index in [1.165, 1.54) is 5.56 Å². The third kappa shape index (κ3) is 4.60. The quantitative estimate of drug-likeness (QED) is 0.860. The highest BCUT2D eigenvalue weighted by atomic mass is 32.2. The van der Waals surface area contributed by atoms with Crippen molar-refractivity contribution in [3.8, 4) is 11.5 Å². The van der Waals surface area contributed by atoms with Gasteiger partial charge in [-0.2, -0.15) is 0 Å². The summed E-state index contributed by atoms with van der Waals surface area (Å²) in [5.41, 5.74) is 1.98. The van der Waals surface area contributed by atoms with Crippen molar-refractivity contribution in [3.05, 3.63) is 48.0 Å². The summed E-state index contributed by atoms with van der Waals surface area (Å²) in [4.78, 5) is 12.7. The maximum Gasteiger partial charge on any atom is 0.225 e. The van der Waals surface area contributed by atoms with Crippen molar-refractivity contribution < 1.29 is 18.5 Å². The highest BCUT2D eigenvalue weighted by Crippen LogP contribution is 2.31. The van der Waals surface area contributed by atoms with Crippen LogP contribution in [-0.4, -0.2) is 29.1 Å². The van der Waals surface area contributed by atoms with E-state index in [1.807, 2.05) is 24.3 Å². The molecule has 3 rings (SSSR count). The maximum absolute atomic E-state index is 12.4. The van der Waals surface area contributed by atoms with Gasteiger partial charge in [0.2, 0.25) is 5.91 Å². The molecular weight excluding hydrogens is 338 g/mol. The number of anilines is 1. The van der Waals surface area contributed by atoms with Gasteiger partial charge < -0.3 is 14.8 Å². The highest BCUT2D eigenvalue weighted by molar-refractivity contribution is 7.85. The van der Waals surface area contributed by atoms with Gasteiger partial charge in [0.05, 0.1) is 10.8 Å². The van der Waals surface area contributed by atoms with Crippen molar-refractivity contribution >= 4 is 22.4 Å². The van der Waals surface area contributed by atoms with Gasteiger partial charge >= 0.3 is 0 Å². The number of hydrogen-bond acceptors (Lipinski definition) is 4. The largest absolute Gasteiger partial charge is 0.486 e. The summed E-state index contributed by atoms with van der Waals surface area (Å²) < 4.78 is 23.4. The van der Waals surface area contributed by atoms with Gasteiger partial charge in [-0.25, -0.2) is 0 Å². The third-order valence-electron chi connectivity index (χ3n) is 3.94. The van der Waals surface area contributed by atoms with Gasteiger partial charge in [0, 0.05) is 28.8 Å². The van der Waals surface area contributed by atoms with E-state index in [0.29, 0.717) is 29.6 Å². The minimum absolute atomic E-state index is 0.143. The molecular formula is C19H21NO4S. The van der Waals surface area contributed by atoms with Crippen LogP contribution in [0.15, 0.2) is 47.4 Å². The fraction of sp³-hybridized carbons (Fsp3) is 0.316. The first-order valence-corrected chi connectivity index (χ1v) is 9.64. The zero-order valence-corrected chi connectivity index (χ0v) is 14.9. The van der Waals surface area contributed by atoms with Crippen molar-refractivity contribution in [1.29, 1.82) is 0 Å². The van der Waals surface area contributed by atoms with Gasteiger partial charge in [0.25, 0.3) is 0 Å². The molecule has 2 aromatic carbocycles. The van der Waals surface area contributed by atoms with E-state index in [2.05, 4.69) is 12.2 Å². The van der Waals surface area contributed by atoms with Gasteiger partial charge in [-0.05, 0) is 36.2 Å². The first-order valence-electron chi connectivity index (χ1n) is 8.32. The van der Waals surface area contributed by atoms with Gasteiger partial charge in [-0.3, -0.25) is 9.00 Å². The summed E-state index contributed by atoms with van der Waals surface area (Å²) >= 11 is 0. The Morgan fingerprint density at radius 2 is 1.80 bits per heavy atom. The summed E-state index contributed by atoms with van der Waals surface area (Å²) in [6.45, 7) is 3.10. The summed E-state index contributed by atoms with van der Waals surface area (Å²) in [5.74, 6) is 1.39. The van der Waals surface area contributed by atoms with E-state index < -0.39 is 10.8 Å². The molecule has 1 N–H and O–H groups in total. The summed E-state index contributed by atoms with van der Waals surface area (Å²) in [5, 5.41) is 2.83. The second-order valence-electron chi connectivity index (χ2n) is 5.70. The molecule has 1 heterocycles. The van der Waals surface area contributed by atoms with E-state index >= 15 is 0 Å². The van der Waals surface area contributed by atoms with Crippen LogP contribution in [-0.2, 0) is 22.0 Å². The topological polar surface area (TPSA) is 64.6 Å². The monoisotopic (exact) mass is 359 g/mol. The molecule has 25 heavy (non-hydrogen) atoms. The van der Waals surface area contributed by atoms with Crippen LogP contribution in [0.25, 0.3) is 0 Å². The Bertz CT molecular complexity index is 773. The smallest absolute Gasteiger partial charge is 0.225 e. The highest BCUT2D eigenvalue weighted by Gasteiger charge is 2.15. The molecule has 0 aromatic heterocycles. The number of hydrogen-bond donors (Lipinski definition) is 1. The van der Waals surface area contributed by atoms with Gasteiger partial charge in [0.15, 0.2) is 11.5 Å². The predicted octanol–water partition coefficient (Wildman–Crippen LogP) is 3.16. The van der Waals surface area contributed by atoms with E-state index in [4.69, 9.17) is 9.47 Å². The summed E-state index contributed by atoms with van der Waals surface area (Å²) in [6, 6.07) is 13.0. The Kier molecular flexibility index (Phi) is 5.71. The van der Waals surface area contributed by atoms with Crippen LogP contribution >= 0.6 is 0 Å². The van der Waals surface area contributed by atoms with Crippen molar-refractivity contribution in [2.24, 2.45) is 0 Å². The number of carbonyl (C=O) groups is 1. The lowest BCUT2D eigenvalue weighted by Gasteiger charge is -2.18. The van der Waals surface area contributed by atoms with E-state index in [0.717, 1.165) is 12.1 Å². The fourth-order valence-electron chi connectivity index (χ4n) is 2.52. The molecule has 1 atom stereocenters. The molecule has 5 nitrogen and oxygen atoms in total. The molecule has 6 heteroatoms. The van der Waals surface area contributed by atoms with Crippen LogP contribution in [0.2, 0.25) is 0 Å². The van der Waals surface area contributed by atoms with Crippen LogP contribution in [0, 0.1) is 0 Å². The molecule has 0 bridgehead atoms. The van der Waals surface area contributed by atoms with Crippen molar-refractivity contribution in [2.45, 2.75) is 24.7 Å². The lowest BCUT2D eigenvalue weighted by molar-refractivity contribution is -0.115. The van der Waals surface area contributed by atoms with Crippen molar-refractivity contribution in [1.82, 2.24) is 0 Å². The number of carbonyl (C=O) groups excluding carboxylic acids is 1. The molecule has 0 radical (unpaired) electrons. The lowest BCUT2D eigenvalue weighted by Crippen LogP contribution is -2.16. The van der Waals surface area contributed by atoms with Crippen LogP contribution < -0.4 is 14.8 Å². The number of benzene rings is 2. The number of rotatable bonds is 6. The van der Waals surface area contributed by atoms with Gasteiger partial charge in [0.1, 0.15) is 13.2 Å². The first kappa shape index (κ1) is 17.5. The van der Waals surface area contributed by atoms with Crippen molar-refractivity contribution in [3.63, 3.8) is 0 Å². The number of fused-ring (bicyclic) bond motifs is 1. The zero-order chi connectivity index (χ0) is 17.6. The number of amides is 1. The van der Waals surface area contributed by atoms with Gasteiger partial charge in [-0.15, -0.1) is 0 Å². The lowest BCUT2D eigenvalue weighted by atomic mass is 10.1. The Morgan fingerprint density at radius 1 is 1.08 bits per heavy atom. The average Bonchev–Trinajstić information content (AvgIpc) is 2.66. The minimum Gasteiger partial charge on any atom is -0.486 e. The molecule has 1 unspecified atom stereocenters. The molecule has 1 aliphatic rings. The van der Waals surface area contributed by atoms with Crippen LogP contribution in [0.3, 0.4) is 0 Å². The average molecular weight is 359 g/mol. The Labute approximate surface area is 149 Å². The van der Waals surface area contributed by atoms with Crippen molar-refractivity contribution in [2.75, 3.05) is 24.3 Å². The molecule has 0 saturated heterocycles. The number of aryl methyl sites for hydroxylation is 1. The fourth-order valence-corrected chi connectivity index (χ4v) is 3.58. The normalized spacial score (nSPS) is 14.0. The van der Waals surface area contributed by atoms with Crippen LogP contribution in [0.4, 0.5) is 5.69 Å². The van der Waals surface area contributed by atoms with E-state index in [-0.39, 0.29) is 18.1 Å². The zero-order valence-electron chi connectivity index (χ0n) is 14.1. The van der Waals surface area contributed by atoms with Crippen LogP contribution in [0.1, 0.15) is 18.9 Å². The molecule has 1 amide bonds. The van der Waals surface area contributed by atoms with Gasteiger partial charge in [-0.1, -0.05) is 19.1 Å². The minimum atomic E-state index is -1.26. The van der Waals surface area contributed by atoms with Crippen LogP contribution in [0.5, 0.6) is 11.5 Å². The third-order valence-corrected chi connectivity index (χ3v) is 5.29. The molecule has 2 aromatic rings. The standard InChI is InChI=1S/C19H21NO4S/c1-2-14-3-5-15(6-4-14)20-19(21)9-12-25(22)16-7-8-17-18(13-16)24-11-10-23-17/h3-8,13H,2,9-12H2,1H3,(H,20,21). The SMILES string of the molecule is CCc1ccc(NC(=O)CCS(=O)c2ccc3c(c2)OCCO3)cc1. The first-order chi connectivity index (χ1) is 12.2. The Balaban J connectivity index is 1.53. The van der Waals surface area contributed by atoms with E-state index in [9.17, 15) is 9.00 Å². The molecule has 0 aliphatic carbocycles. The second kappa shape index (κ2) is 8.16. The number of ether oxygens (including phenoxy) is 2. The predicted molar refractivity (Wildman–Crippen MR) is 97.8 cm³/mol. The second-order valence-corrected chi connectivity index (χ2v) is 7.27. The Hall–Kier alpha value is -2.34. The van der Waals surface area contributed by atoms with E-state index in [1.54, 1.807) is 18.2 Å². The molecule has 1 aliphatic heterocycles. The molecule has 0 fully saturated rings. The summed E-state index contributed by atoms with van der Waals surface area (Å²) in [7, 11) is -1.26. The molecule has 0 saturated carbocycles. The molecule has 132 valence electrons. The summed E-state index contributed by atoms with van der Waals surface area (Å²) in [6.07, 6.45) is 1.15. The maximum atomic E-state index is 12.4.